The van der Waals surface area contributed by atoms with E-state index in [0.29, 0.717) is 11.3 Å². The van der Waals surface area contributed by atoms with Crippen LogP contribution in [0.25, 0.3) is 0 Å². The maximum Gasteiger partial charge on any atom is 0.314 e. The molecule has 2 atom stereocenters. The van der Waals surface area contributed by atoms with Crippen LogP contribution in [0.5, 0.6) is 5.75 Å². The molecule has 1 aliphatic carbocycles. The molecule has 1 aromatic carbocycles. The molecule has 2 unspecified atom stereocenters. The summed E-state index contributed by atoms with van der Waals surface area (Å²) in [7, 11) is 1.53. The zero-order valence-electron chi connectivity index (χ0n) is 14.2. The van der Waals surface area contributed by atoms with Crippen molar-refractivity contribution in [2.45, 2.75) is 32.1 Å². The Bertz CT molecular complexity index is 606. The van der Waals surface area contributed by atoms with Gasteiger partial charge < -0.3 is 20.1 Å². The SMILES string of the molecule is CCO.COc1ccc(C2(C(=O)O)CC=CC(C)(C(=O)O)C2)cc1. The van der Waals surface area contributed by atoms with Crippen molar-refractivity contribution in [3.63, 3.8) is 0 Å². The van der Waals surface area contributed by atoms with E-state index in [2.05, 4.69) is 0 Å². The van der Waals surface area contributed by atoms with E-state index in [1.165, 1.54) is 7.11 Å². The summed E-state index contributed by atoms with van der Waals surface area (Å²) >= 11 is 0. The number of allylic oxidation sites excluding steroid dienone is 1. The molecular weight excluding hydrogens is 312 g/mol. The Kier molecular flexibility index (Phi) is 6.54. The maximum absolute atomic E-state index is 11.9. The van der Waals surface area contributed by atoms with Gasteiger partial charge in [-0.3, -0.25) is 9.59 Å². The van der Waals surface area contributed by atoms with Gasteiger partial charge in [0.2, 0.25) is 0 Å². The molecule has 0 saturated heterocycles. The minimum absolute atomic E-state index is 0.0213. The summed E-state index contributed by atoms with van der Waals surface area (Å²) in [6.45, 7) is 3.48. The molecule has 0 bridgehead atoms. The van der Waals surface area contributed by atoms with Gasteiger partial charge in [0, 0.05) is 6.61 Å². The van der Waals surface area contributed by atoms with E-state index in [1.54, 1.807) is 50.3 Å². The number of aliphatic hydroxyl groups excluding tert-OH is 1. The largest absolute Gasteiger partial charge is 0.497 e. The second-order valence-electron chi connectivity index (χ2n) is 5.94. The number of aliphatic carboxylic acids is 2. The summed E-state index contributed by atoms with van der Waals surface area (Å²) in [6, 6.07) is 6.76. The summed E-state index contributed by atoms with van der Waals surface area (Å²) < 4.78 is 5.07. The Labute approximate surface area is 141 Å². The number of methoxy groups -OCH3 is 1. The third-order valence-corrected chi connectivity index (χ3v) is 4.16. The molecule has 24 heavy (non-hydrogen) atoms. The molecule has 0 saturated carbocycles. The second-order valence-corrected chi connectivity index (χ2v) is 5.94. The predicted molar refractivity (Wildman–Crippen MR) is 89.2 cm³/mol. The molecule has 0 amide bonds. The molecule has 6 nitrogen and oxygen atoms in total. The number of hydrogen-bond donors (Lipinski definition) is 3. The Morgan fingerprint density at radius 3 is 2.12 bits per heavy atom. The highest BCUT2D eigenvalue weighted by Gasteiger charge is 2.49. The van der Waals surface area contributed by atoms with Crippen molar-refractivity contribution in [2.24, 2.45) is 5.41 Å². The number of aliphatic hydroxyl groups is 1. The predicted octanol–water partition coefficient (Wildman–Crippen LogP) is 2.46. The van der Waals surface area contributed by atoms with Crippen molar-refractivity contribution in [1.82, 2.24) is 0 Å². The van der Waals surface area contributed by atoms with E-state index in [9.17, 15) is 19.8 Å². The standard InChI is InChI=1S/C16H18O5.C2H6O/c1-15(13(17)18)8-3-9-16(10-15,14(19)20)11-4-6-12(21-2)7-5-11;1-2-3/h3-8H,9-10H2,1-2H3,(H,17,18)(H,19,20);3H,2H2,1H3. The molecule has 0 fully saturated rings. The van der Waals surface area contributed by atoms with E-state index in [-0.39, 0.29) is 19.4 Å². The number of benzene rings is 1. The van der Waals surface area contributed by atoms with E-state index in [0.717, 1.165) is 0 Å². The third kappa shape index (κ3) is 3.94. The number of rotatable bonds is 4. The fourth-order valence-electron chi connectivity index (χ4n) is 2.84. The van der Waals surface area contributed by atoms with Gasteiger partial charge >= 0.3 is 11.9 Å². The Balaban J connectivity index is 0.000000891. The number of hydrogen-bond acceptors (Lipinski definition) is 4. The van der Waals surface area contributed by atoms with E-state index < -0.39 is 22.8 Å². The lowest BCUT2D eigenvalue weighted by atomic mass is 9.63. The maximum atomic E-state index is 11.9. The van der Waals surface area contributed by atoms with Crippen molar-refractivity contribution < 1.29 is 29.6 Å². The average Bonchev–Trinajstić information content (AvgIpc) is 2.55. The van der Waals surface area contributed by atoms with Crippen LogP contribution in [0.3, 0.4) is 0 Å². The molecule has 3 N–H and O–H groups in total. The molecule has 1 aliphatic rings. The minimum atomic E-state index is -1.23. The molecule has 0 aromatic heterocycles. The summed E-state index contributed by atoms with van der Waals surface area (Å²) in [5, 5.41) is 26.7. The van der Waals surface area contributed by atoms with Crippen LogP contribution >= 0.6 is 0 Å². The van der Waals surface area contributed by atoms with Gasteiger partial charge in [-0.05, 0) is 44.4 Å². The minimum Gasteiger partial charge on any atom is -0.497 e. The zero-order chi connectivity index (χ0) is 18.4. The number of carboxylic acid groups (broad SMARTS) is 2. The molecule has 132 valence electrons. The quantitative estimate of drug-likeness (QED) is 0.730. The van der Waals surface area contributed by atoms with Crippen LogP contribution in [-0.4, -0.2) is 41.0 Å². The Hall–Kier alpha value is -2.34. The normalized spacial score (nSPS) is 25.3. The van der Waals surface area contributed by atoms with E-state index >= 15 is 0 Å². The van der Waals surface area contributed by atoms with E-state index in [1.807, 2.05) is 0 Å². The Morgan fingerprint density at radius 1 is 1.17 bits per heavy atom. The van der Waals surface area contributed by atoms with Crippen molar-refractivity contribution >= 4 is 11.9 Å². The Morgan fingerprint density at radius 2 is 1.71 bits per heavy atom. The van der Waals surface area contributed by atoms with Gasteiger partial charge in [-0.1, -0.05) is 24.3 Å². The van der Waals surface area contributed by atoms with Gasteiger partial charge in [0.1, 0.15) is 5.75 Å². The van der Waals surface area contributed by atoms with Crippen molar-refractivity contribution in [2.75, 3.05) is 13.7 Å². The first-order valence-corrected chi connectivity index (χ1v) is 7.65. The van der Waals surface area contributed by atoms with Crippen LogP contribution in [0.15, 0.2) is 36.4 Å². The topological polar surface area (TPSA) is 104 Å². The number of carbonyl (C=O) groups is 2. The lowest BCUT2D eigenvalue weighted by molar-refractivity contribution is -0.151. The number of carboxylic acids is 2. The highest BCUT2D eigenvalue weighted by molar-refractivity contribution is 5.85. The summed E-state index contributed by atoms with van der Waals surface area (Å²) in [4.78, 5) is 23.3. The summed E-state index contributed by atoms with van der Waals surface area (Å²) in [5.41, 5.74) is -1.82. The first-order valence-electron chi connectivity index (χ1n) is 7.65. The third-order valence-electron chi connectivity index (χ3n) is 4.16. The summed E-state index contributed by atoms with van der Waals surface area (Å²) in [6.07, 6.45) is 3.53. The first-order chi connectivity index (χ1) is 11.3. The van der Waals surface area contributed by atoms with E-state index in [4.69, 9.17) is 9.84 Å². The van der Waals surface area contributed by atoms with Crippen molar-refractivity contribution in [3.05, 3.63) is 42.0 Å². The van der Waals surface area contributed by atoms with Gasteiger partial charge in [0.25, 0.3) is 0 Å². The lowest BCUT2D eigenvalue weighted by Gasteiger charge is -2.38. The van der Waals surface area contributed by atoms with Gasteiger partial charge in [-0.15, -0.1) is 0 Å². The first kappa shape index (κ1) is 19.7. The van der Waals surface area contributed by atoms with Crippen LogP contribution in [0, 0.1) is 5.41 Å². The van der Waals surface area contributed by atoms with Gasteiger partial charge in [-0.2, -0.15) is 0 Å². The highest BCUT2D eigenvalue weighted by atomic mass is 16.5. The zero-order valence-corrected chi connectivity index (χ0v) is 14.2. The smallest absolute Gasteiger partial charge is 0.314 e. The molecule has 0 spiro atoms. The van der Waals surface area contributed by atoms with Crippen LogP contribution < -0.4 is 4.74 Å². The molecule has 0 aliphatic heterocycles. The average molecular weight is 336 g/mol. The lowest BCUT2D eigenvalue weighted by Crippen LogP contribution is -2.44. The molecular formula is C18H24O6. The second kappa shape index (κ2) is 7.97. The highest BCUT2D eigenvalue weighted by Crippen LogP contribution is 2.45. The molecule has 6 heteroatoms. The van der Waals surface area contributed by atoms with Crippen LogP contribution in [0.2, 0.25) is 0 Å². The fraction of sp³-hybridized carbons (Fsp3) is 0.444. The summed E-state index contributed by atoms with van der Waals surface area (Å²) in [5.74, 6) is -1.39. The number of ether oxygens (including phenoxy) is 1. The van der Waals surface area contributed by atoms with Gasteiger partial charge in [0.05, 0.1) is 17.9 Å². The van der Waals surface area contributed by atoms with Crippen molar-refractivity contribution in [1.29, 1.82) is 0 Å². The monoisotopic (exact) mass is 336 g/mol. The van der Waals surface area contributed by atoms with Crippen molar-refractivity contribution in [3.8, 4) is 5.75 Å². The van der Waals surface area contributed by atoms with Crippen LogP contribution in [-0.2, 0) is 15.0 Å². The molecule has 2 rings (SSSR count). The molecule has 1 aromatic rings. The van der Waals surface area contributed by atoms with Crippen LogP contribution in [0.4, 0.5) is 0 Å². The van der Waals surface area contributed by atoms with Crippen LogP contribution in [0.1, 0.15) is 32.3 Å². The van der Waals surface area contributed by atoms with Gasteiger partial charge in [-0.25, -0.2) is 0 Å². The molecule has 0 heterocycles. The fourth-order valence-corrected chi connectivity index (χ4v) is 2.84. The van der Waals surface area contributed by atoms with Gasteiger partial charge in [0.15, 0.2) is 0 Å². The molecule has 0 radical (unpaired) electrons.